The second kappa shape index (κ2) is 7.13. The SMILES string of the molecule is Cc1cc(CNC(=O)CCS(=O)(=O)c2ccccc2)ncn1. The molecular weight excluding hydrogens is 302 g/mol. The molecule has 2 aromatic rings. The number of aromatic nitrogens is 2. The molecule has 0 aliphatic heterocycles. The Hall–Kier alpha value is -2.28. The maximum atomic E-state index is 12.1. The Morgan fingerprint density at radius 2 is 1.91 bits per heavy atom. The number of hydrogen-bond acceptors (Lipinski definition) is 5. The van der Waals surface area contributed by atoms with Crippen molar-refractivity contribution in [2.24, 2.45) is 0 Å². The predicted molar refractivity (Wildman–Crippen MR) is 81.7 cm³/mol. The van der Waals surface area contributed by atoms with E-state index >= 15 is 0 Å². The van der Waals surface area contributed by atoms with E-state index in [9.17, 15) is 13.2 Å². The van der Waals surface area contributed by atoms with E-state index in [-0.39, 0.29) is 29.5 Å². The highest BCUT2D eigenvalue weighted by Crippen LogP contribution is 2.11. The number of sulfone groups is 1. The maximum Gasteiger partial charge on any atom is 0.221 e. The average Bonchev–Trinajstić information content (AvgIpc) is 2.52. The zero-order chi connectivity index (χ0) is 16.0. The van der Waals surface area contributed by atoms with Gasteiger partial charge in [0.05, 0.1) is 22.9 Å². The maximum absolute atomic E-state index is 12.1. The first kappa shape index (κ1) is 16.1. The van der Waals surface area contributed by atoms with Gasteiger partial charge in [0.25, 0.3) is 0 Å². The number of amides is 1. The van der Waals surface area contributed by atoms with Crippen molar-refractivity contribution >= 4 is 15.7 Å². The van der Waals surface area contributed by atoms with Crippen molar-refractivity contribution in [1.29, 1.82) is 0 Å². The van der Waals surface area contributed by atoms with E-state index in [0.29, 0.717) is 5.69 Å². The van der Waals surface area contributed by atoms with Crippen molar-refractivity contribution in [3.05, 3.63) is 54.1 Å². The second-order valence-corrected chi connectivity index (χ2v) is 6.92. The molecule has 0 unspecified atom stereocenters. The van der Waals surface area contributed by atoms with Crippen LogP contribution >= 0.6 is 0 Å². The monoisotopic (exact) mass is 319 g/mol. The van der Waals surface area contributed by atoms with E-state index in [1.807, 2.05) is 6.92 Å². The number of nitrogens with zero attached hydrogens (tertiary/aromatic N) is 2. The lowest BCUT2D eigenvalue weighted by Crippen LogP contribution is -2.25. The third-order valence-corrected chi connectivity index (χ3v) is 4.76. The van der Waals surface area contributed by atoms with Crippen LogP contribution in [0.1, 0.15) is 17.8 Å². The van der Waals surface area contributed by atoms with Gasteiger partial charge in [0.2, 0.25) is 5.91 Å². The third kappa shape index (κ3) is 4.63. The number of aryl methyl sites for hydroxylation is 1. The van der Waals surface area contributed by atoms with Gasteiger partial charge in [-0.05, 0) is 25.1 Å². The van der Waals surface area contributed by atoms with Crippen LogP contribution in [0.25, 0.3) is 0 Å². The largest absolute Gasteiger partial charge is 0.350 e. The standard InChI is InChI=1S/C15H17N3O3S/c1-12-9-13(18-11-17-12)10-16-15(19)7-8-22(20,21)14-5-3-2-4-6-14/h2-6,9,11H,7-8,10H2,1H3,(H,16,19). The van der Waals surface area contributed by atoms with Gasteiger partial charge in [-0.3, -0.25) is 4.79 Å². The highest BCUT2D eigenvalue weighted by molar-refractivity contribution is 7.91. The molecule has 0 aliphatic rings. The van der Waals surface area contributed by atoms with E-state index in [2.05, 4.69) is 15.3 Å². The highest BCUT2D eigenvalue weighted by Gasteiger charge is 2.15. The molecule has 116 valence electrons. The molecule has 0 aliphatic carbocycles. The lowest BCUT2D eigenvalue weighted by Gasteiger charge is -2.06. The molecule has 1 aromatic carbocycles. The van der Waals surface area contributed by atoms with Gasteiger partial charge in [-0.1, -0.05) is 18.2 Å². The summed E-state index contributed by atoms with van der Waals surface area (Å²) in [6.07, 6.45) is 1.35. The first-order valence-electron chi connectivity index (χ1n) is 6.79. The molecule has 2 rings (SSSR count). The molecule has 0 spiro atoms. The molecule has 0 radical (unpaired) electrons. The summed E-state index contributed by atoms with van der Waals surface area (Å²) in [7, 11) is -3.43. The predicted octanol–water partition coefficient (Wildman–Crippen LogP) is 1.27. The number of benzene rings is 1. The van der Waals surface area contributed by atoms with Crippen LogP contribution in [0.5, 0.6) is 0 Å². The summed E-state index contributed by atoms with van der Waals surface area (Å²) in [6.45, 7) is 2.09. The number of carbonyl (C=O) groups is 1. The molecular formula is C15H17N3O3S. The van der Waals surface area contributed by atoms with Gasteiger partial charge in [0.1, 0.15) is 6.33 Å². The number of nitrogens with one attached hydrogen (secondary N) is 1. The van der Waals surface area contributed by atoms with Crippen LogP contribution < -0.4 is 5.32 Å². The van der Waals surface area contributed by atoms with Crippen molar-refractivity contribution in [1.82, 2.24) is 15.3 Å². The average molecular weight is 319 g/mol. The number of hydrogen-bond donors (Lipinski definition) is 1. The summed E-state index contributed by atoms with van der Waals surface area (Å²) in [5, 5.41) is 2.66. The minimum absolute atomic E-state index is 0.0821. The van der Waals surface area contributed by atoms with Crippen LogP contribution in [0.2, 0.25) is 0 Å². The van der Waals surface area contributed by atoms with Crippen molar-refractivity contribution in [3.63, 3.8) is 0 Å². The third-order valence-electron chi connectivity index (χ3n) is 3.03. The summed E-state index contributed by atoms with van der Waals surface area (Å²) >= 11 is 0. The first-order chi connectivity index (χ1) is 10.5. The van der Waals surface area contributed by atoms with Crippen LogP contribution in [0.15, 0.2) is 47.6 Å². The van der Waals surface area contributed by atoms with E-state index in [1.54, 1.807) is 24.3 Å². The molecule has 0 atom stereocenters. The summed E-state index contributed by atoms with van der Waals surface area (Å²) in [4.78, 5) is 20.0. The fraction of sp³-hybridized carbons (Fsp3) is 0.267. The summed E-state index contributed by atoms with van der Waals surface area (Å²) in [5.74, 6) is -0.540. The van der Waals surface area contributed by atoms with E-state index in [1.165, 1.54) is 18.5 Å². The normalized spacial score (nSPS) is 11.1. The Kier molecular flexibility index (Phi) is 5.21. The summed E-state index contributed by atoms with van der Waals surface area (Å²) in [6, 6.07) is 9.87. The zero-order valence-corrected chi connectivity index (χ0v) is 13.0. The zero-order valence-electron chi connectivity index (χ0n) is 12.2. The molecule has 0 bridgehead atoms. The van der Waals surface area contributed by atoms with Gasteiger partial charge < -0.3 is 5.32 Å². The minimum atomic E-state index is -3.43. The molecule has 0 fully saturated rings. The van der Waals surface area contributed by atoms with E-state index < -0.39 is 9.84 Å². The van der Waals surface area contributed by atoms with Crippen LogP contribution in [-0.2, 0) is 21.2 Å². The van der Waals surface area contributed by atoms with Gasteiger partial charge in [-0.25, -0.2) is 18.4 Å². The summed E-state index contributed by atoms with van der Waals surface area (Å²) in [5.41, 5.74) is 1.50. The van der Waals surface area contributed by atoms with Crippen LogP contribution in [0, 0.1) is 6.92 Å². The quantitative estimate of drug-likeness (QED) is 0.866. The van der Waals surface area contributed by atoms with Crippen LogP contribution in [0.3, 0.4) is 0 Å². The molecule has 1 N–H and O–H groups in total. The van der Waals surface area contributed by atoms with Gasteiger partial charge >= 0.3 is 0 Å². The first-order valence-corrected chi connectivity index (χ1v) is 8.44. The van der Waals surface area contributed by atoms with Crippen molar-refractivity contribution in [2.45, 2.75) is 24.8 Å². The summed E-state index contributed by atoms with van der Waals surface area (Å²) < 4.78 is 24.1. The molecule has 1 heterocycles. The fourth-order valence-corrected chi connectivity index (χ4v) is 3.12. The molecule has 6 nitrogen and oxygen atoms in total. The lowest BCUT2D eigenvalue weighted by atomic mass is 10.3. The lowest BCUT2D eigenvalue weighted by molar-refractivity contribution is -0.120. The van der Waals surface area contributed by atoms with Crippen molar-refractivity contribution in [3.8, 4) is 0 Å². The van der Waals surface area contributed by atoms with Crippen LogP contribution in [0.4, 0.5) is 0 Å². The van der Waals surface area contributed by atoms with Gasteiger partial charge in [-0.2, -0.15) is 0 Å². The molecule has 0 saturated carbocycles. The Morgan fingerprint density at radius 3 is 2.59 bits per heavy atom. The Bertz CT molecular complexity index is 746. The molecule has 0 saturated heterocycles. The topological polar surface area (TPSA) is 89.0 Å². The van der Waals surface area contributed by atoms with Gasteiger partial charge in [0.15, 0.2) is 9.84 Å². The van der Waals surface area contributed by atoms with Crippen LogP contribution in [-0.4, -0.2) is 30.0 Å². The van der Waals surface area contributed by atoms with E-state index in [0.717, 1.165) is 5.69 Å². The molecule has 1 amide bonds. The Morgan fingerprint density at radius 1 is 1.18 bits per heavy atom. The molecule has 22 heavy (non-hydrogen) atoms. The highest BCUT2D eigenvalue weighted by atomic mass is 32.2. The Labute approximate surface area is 129 Å². The number of rotatable bonds is 6. The minimum Gasteiger partial charge on any atom is -0.350 e. The fourth-order valence-electron chi connectivity index (χ4n) is 1.86. The Balaban J connectivity index is 1.85. The van der Waals surface area contributed by atoms with Gasteiger partial charge in [-0.15, -0.1) is 0 Å². The number of carbonyl (C=O) groups excluding carboxylic acids is 1. The smallest absolute Gasteiger partial charge is 0.221 e. The second-order valence-electron chi connectivity index (χ2n) is 4.81. The van der Waals surface area contributed by atoms with Crippen molar-refractivity contribution < 1.29 is 13.2 Å². The van der Waals surface area contributed by atoms with Gasteiger partial charge in [0, 0.05) is 12.1 Å². The molecule has 1 aromatic heterocycles. The van der Waals surface area contributed by atoms with E-state index in [4.69, 9.17) is 0 Å². The molecule has 7 heteroatoms. The van der Waals surface area contributed by atoms with Crippen molar-refractivity contribution in [2.75, 3.05) is 5.75 Å².